The predicted molar refractivity (Wildman–Crippen MR) is 77.2 cm³/mol. The Morgan fingerprint density at radius 1 is 1.26 bits per heavy atom. The van der Waals surface area contributed by atoms with E-state index in [1.54, 1.807) is 6.07 Å². The van der Waals surface area contributed by atoms with Gasteiger partial charge in [-0.15, -0.1) is 0 Å². The van der Waals surface area contributed by atoms with E-state index in [1.165, 1.54) is 6.07 Å². The van der Waals surface area contributed by atoms with E-state index in [1.807, 2.05) is 6.07 Å². The molecule has 104 valence electrons. The summed E-state index contributed by atoms with van der Waals surface area (Å²) in [5, 5.41) is 8.82. The van der Waals surface area contributed by atoms with Gasteiger partial charge in [0.25, 0.3) is 0 Å². The lowest BCUT2D eigenvalue weighted by Crippen LogP contribution is -2.08. The van der Waals surface area contributed by atoms with Gasteiger partial charge in [0.15, 0.2) is 0 Å². The van der Waals surface area contributed by atoms with Gasteiger partial charge in [-0.3, -0.25) is 0 Å². The summed E-state index contributed by atoms with van der Waals surface area (Å²) in [6, 6.07) is 4.81. The summed E-state index contributed by atoms with van der Waals surface area (Å²) < 4.78 is 14.2. The van der Waals surface area contributed by atoms with Crippen LogP contribution >= 0.6 is 0 Å². The number of nitrogens with two attached hydrogens (primary N) is 1. The molecule has 0 aromatic heterocycles. The van der Waals surface area contributed by atoms with Crippen molar-refractivity contribution in [2.75, 3.05) is 5.73 Å². The smallest absolute Gasteiger partial charge is 0.130 e. The number of nitrogens with zero attached hydrogens (tertiary/aromatic N) is 1. The van der Waals surface area contributed by atoms with E-state index in [0.717, 1.165) is 25.7 Å². The Morgan fingerprint density at radius 2 is 1.95 bits per heavy atom. The highest BCUT2D eigenvalue weighted by Crippen LogP contribution is 2.34. The van der Waals surface area contributed by atoms with Gasteiger partial charge < -0.3 is 5.73 Å². The maximum absolute atomic E-state index is 14.2. The number of benzene rings is 1. The fourth-order valence-corrected chi connectivity index (χ4v) is 2.45. The molecule has 0 aliphatic rings. The number of anilines is 1. The van der Waals surface area contributed by atoms with Crippen molar-refractivity contribution in [3.8, 4) is 6.07 Å². The van der Waals surface area contributed by atoms with E-state index in [-0.39, 0.29) is 17.3 Å². The van der Waals surface area contributed by atoms with E-state index in [4.69, 9.17) is 11.0 Å². The average Bonchev–Trinajstić information content (AvgIpc) is 2.34. The molecule has 3 heteroatoms. The van der Waals surface area contributed by atoms with Gasteiger partial charge in [0.05, 0.1) is 11.6 Å². The third-order valence-electron chi connectivity index (χ3n) is 3.43. The van der Waals surface area contributed by atoms with Crippen molar-refractivity contribution in [1.29, 1.82) is 5.26 Å². The molecule has 2 N–H and O–H groups in total. The molecular weight excluding hydrogens is 239 g/mol. The Bertz CT molecular complexity index is 437. The lowest BCUT2D eigenvalue weighted by Gasteiger charge is -2.20. The Morgan fingerprint density at radius 3 is 2.42 bits per heavy atom. The van der Waals surface area contributed by atoms with Crippen molar-refractivity contribution in [3.05, 3.63) is 29.1 Å². The minimum absolute atomic E-state index is 0.153. The summed E-state index contributed by atoms with van der Waals surface area (Å²) in [5.41, 5.74) is 7.25. The van der Waals surface area contributed by atoms with Gasteiger partial charge in [-0.2, -0.15) is 5.26 Å². The van der Waals surface area contributed by atoms with Crippen molar-refractivity contribution < 1.29 is 4.39 Å². The highest BCUT2D eigenvalue weighted by Gasteiger charge is 2.19. The fraction of sp³-hybridized carbons (Fsp3) is 0.562. The van der Waals surface area contributed by atoms with Gasteiger partial charge in [-0.05, 0) is 36.8 Å². The molecule has 0 aliphatic carbocycles. The molecule has 1 atom stereocenters. The van der Waals surface area contributed by atoms with Crippen molar-refractivity contribution in [2.45, 2.75) is 52.4 Å². The van der Waals surface area contributed by atoms with Gasteiger partial charge in [0, 0.05) is 11.3 Å². The summed E-state index contributed by atoms with van der Waals surface area (Å²) in [4.78, 5) is 0. The molecule has 0 saturated carbocycles. The molecule has 0 amide bonds. The van der Waals surface area contributed by atoms with E-state index in [2.05, 4.69) is 20.8 Å². The standard InChI is InChI=1S/C16H23FN2/c1-4-5-13(7-6-11(2)3)16-14(17)8-12(10-18)9-15(16)19/h8-9,11,13H,4-7,19H2,1-3H3. The fourth-order valence-electron chi connectivity index (χ4n) is 2.45. The highest BCUT2D eigenvalue weighted by atomic mass is 19.1. The molecule has 0 heterocycles. The first kappa shape index (κ1) is 15.5. The van der Waals surface area contributed by atoms with Crippen molar-refractivity contribution in [3.63, 3.8) is 0 Å². The third kappa shape index (κ3) is 4.24. The van der Waals surface area contributed by atoms with Crippen molar-refractivity contribution in [2.24, 2.45) is 5.92 Å². The molecule has 0 radical (unpaired) electrons. The first-order valence-electron chi connectivity index (χ1n) is 6.98. The molecular formula is C16H23FN2. The second-order valence-electron chi connectivity index (χ2n) is 5.53. The van der Waals surface area contributed by atoms with Crippen LogP contribution < -0.4 is 5.73 Å². The van der Waals surface area contributed by atoms with Crippen LogP contribution in [0.3, 0.4) is 0 Å². The highest BCUT2D eigenvalue weighted by molar-refractivity contribution is 5.54. The molecule has 1 unspecified atom stereocenters. The number of hydrogen-bond donors (Lipinski definition) is 1. The summed E-state index contributed by atoms with van der Waals surface area (Å²) in [6.45, 7) is 6.43. The molecule has 1 aromatic carbocycles. The lowest BCUT2D eigenvalue weighted by atomic mass is 9.86. The Labute approximate surface area is 115 Å². The van der Waals surface area contributed by atoms with Crippen LogP contribution in [0.1, 0.15) is 63.5 Å². The van der Waals surface area contributed by atoms with Crippen LogP contribution in [-0.4, -0.2) is 0 Å². The molecule has 19 heavy (non-hydrogen) atoms. The van der Waals surface area contributed by atoms with Crippen LogP contribution in [0.2, 0.25) is 0 Å². The lowest BCUT2D eigenvalue weighted by molar-refractivity contribution is 0.464. The van der Waals surface area contributed by atoms with E-state index >= 15 is 0 Å². The van der Waals surface area contributed by atoms with E-state index in [0.29, 0.717) is 17.2 Å². The minimum Gasteiger partial charge on any atom is -0.398 e. The molecule has 0 aliphatic heterocycles. The van der Waals surface area contributed by atoms with Gasteiger partial charge in [-0.25, -0.2) is 4.39 Å². The Balaban J connectivity index is 3.05. The number of rotatable bonds is 6. The summed E-state index contributed by atoms with van der Waals surface area (Å²) >= 11 is 0. The van der Waals surface area contributed by atoms with Gasteiger partial charge in [0.2, 0.25) is 0 Å². The van der Waals surface area contributed by atoms with Crippen molar-refractivity contribution in [1.82, 2.24) is 0 Å². The molecule has 1 aromatic rings. The van der Waals surface area contributed by atoms with Crippen LogP contribution in [0.15, 0.2) is 12.1 Å². The number of nitriles is 1. The van der Waals surface area contributed by atoms with Crippen LogP contribution in [-0.2, 0) is 0 Å². The SMILES string of the molecule is CCCC(CCC(C)C)c1c(N)cc(C#N)cc1F. The Hall–Kier alpha value is -1.56. The summed E-state index contributed by atoms with van der Waals surface area (Å²) in [7, 11) is 0. The minimum atomic E-state index is -0.334. The zero-order valence-electron chi connectivity index (χ0n) is 12.0. The van der Waals surface area contributed by atoms with Crippen LogP contribution in [0, 0.1) is 23.1 Å². The van der Waals surface area contributed by atoms with Gasteiger partial charge >= 0.3 is 0 Å². The molecule has 0 spiro atoms. The molecule has 1 rings (SSSR count). The zero-order chi connectivity index (χ0) is 14.4. The van der Waals surface area contributed by atoms with Gasteiger partial charge in [-0.1, -0.05) is 33.6 Å². The maximum atomic E-state index is 14.2. The molecule has 0 saturated heterocycles. The van der Waals surface area contributed by atoms with Gasteiger partial charge in [0.1, 0.15) is 5.82 Å². The van der Waals surface area contributed by atoms with Crippen LogP contribution in [0.5, 0.6) is 0 Å². The second kappa shape index (κ2) is 7.13. The van der Waals surface area contributed by atoms with Crippen LogP contribution in [0.25, 0.3) is 0 Å². The van der Waals surface area contributed by atoms with E-state index in [9.17, 15) is 4.39 Å². The number of hydrogen-bond acceptors (Lipinski definition) is 2. The molecule has 2 nitrogen and oxygen atoms in total. The summed E-state index contributed by atoms with van der Waals surface area (Å²) in [5.74, 6) is 0.418. The monoisotopic (exact) mass is 262 g/mol. The third-order valence-corrected chi connectivity index (χ3v) is 3.43. The van der Waals surface area contributed by atoms with E-state index < -0.39 is 0 Å². The van der Waals surface area contributed by atoms with Crippen molar-refractivity contribution >= 4 is 5.69 Å². The first-order chi connectivity index (χ1) is 8.99. The van der Waals surface area contributed by atoms with Crippen LogP contribution in [0.4, 0.5) is 10.1 Å². The normalized spacial score (nSPS) is 12.4. The number of nitrogen functional groups attached to an aromatic ring is 1. The summed E-state index contributed by atoms with van der Waals surface area (Å²) in [6.07, 6.45) is 3.93. The largest absolute Gasteiger partial charge is 0.398 e. The number of halogens is 1. The first-order valence-corrected chi connectivity index (χ1v) is 6.98. The quantitative estimate of drug-likeness (QED) is 0.762. The molecule has 0 fully saturated rings. The average molecular weight is 262 g/mol. The second-order valence-corrected chi connectivity index (χ2v) is 5.53. The predicted octanol–water partition coefficient (Wildman–Crippen LogP) is 4.60. The zero-order valence-corrected chi connectivity index (χ0v) is 12.0. The Kier molecular flexibility index (Phi) is 5.82. The molecule has 0 bridgehead atoms. The maximum Gasteiger partial charge on any atom is 0.130 e. The topological polar surface area (TPSA) is 49.8 Å².